The van der Waals surface area contributed by atoms with Gasteiger partial charge in [0.25, 0.3) is 0 Å². The molecule has 4 nitrogen and oxygen atoms in total. The van der Waals surface area contributed by atoms with Crippen LogP contribution in [0.4, 0.5) is 20.2 Å². The van der Waals surface area contributed by atoms with E-state index in [0.717, 1.165) is 25.3 Å². The van der Waals surface area contributed by atoms with Gasteiger partial charge in [-0.1, -0.05) is 6.92 Å². The molecule has 0 radical (unpaired) electrons. The van der Waals surface area contributed by atoms with E-state index in [1.54, 1.807) is 0 Å². The summed E-state index contributed by atoms with van der Waals surface area (Å²) in [6.45, 7) is 2.09. The van der Waals surface area contributed by atoms with Gasteiger partial charge < -0.3 is 5.32 Å². The van der Waals surface area contributed by atoms with E-state index in [1.807, 2.05) is 0 Å². The molecule has 0 bridgehead atoms. The first-order chi connectivity index (χ1) is 8.47. The Morgan fingerprint density at radius 2 is 2.11 bits per heavy atom. The van der Waals surface area contributed by atoms with Gasteiger partial charge in [0.15, 0.2) is 0 Å². The predicted octanol–water partition coefficient (Wildman–Crippen LogP) is 3.47. The van der Waals surface area contributed by atoms with Crippen molar-refractivity contribution in [3.8, 4) is 0 Å². The second-order valence-corrected chi connectivity index (χ2v) is 4.80. The summed E-state index contributed by atoms with van der Waals surface area (Å²) in [6.07, 6.45) is 2.73. The summed E-state index contributed by atoms with van der Waals surface area (Å²) in [5, 5.41) is 13.7. The van der Waals surface area contributed by atoms with Gasteiger partial charge in [-0.15, -0.1) is 0 Å². The van der Waals surface area contributed by atoms with Crippen LogP contribution in [-0.2, 0) is 0 Å². The van der Waals surface area contributed by atoms with Crippen molar-refractivity contribution in [1.82, 2.24) is 0 Å². The van der Waals surface area contributed by atoms with E-state index < -0.39 is 22.2 Å². The summed E-state index contributed by atoms with van der Waals surface area (Å²) < 4.78 is 26.5. The van der Waals surface area contributed by atoms with Crippen molar-refractivity contribution in [3.05, 3.63) is 33.9 Å². The molecule has 0 saturated heterocycles. The van der Waals surface area contributed by atoms with Crippen LogP contribution in [0.1, 0.15) is 26.2 Å². The SMILES string of the molecule is CC1CCC(Nc2cc(F)cc(F)c2[N+](=O)[O-])C1. The lowest BCUT2D eigenvalue weighted by Crippen LogP contribution is -2.17. The Morgan fingerprint density at radius 3 is 2.67 bits per heavy atom. The van der Waals surface area contributed by atoms with E-state index in [-0.39, 0.29) is 11.7 Å². The topological polar surface area (TPSA) is 55.2 Å². The van der Waals surface area contributed by atoms with E-state index in [0.29, 0.717) is 12.0 Å². The molecule has 0 heterocycles. The molecule has 2 rings (SSSR count). The molecular formula is C12H14F2N2O2. The van der Waals surface area contributed by atoms with E-state index >= 15 is 0 Å². The number of nitro benzene ring substituents is 1. The van der Waals surface area contributed by atoms with Crippen LogP contribution in [0.15, 0.2) is 12.1 Å². The van der Waals surface area contributed by atoms with Crippen molar-refractivity contribution in [2.45, 2.75) is 32.2 Å². The largest absolute Gasteiger partial charge is 0.377 e. The van der Waals surface area contributed by atoms with Gasteiger partial charge >= 0.3 is 5.69 Å². The van der Waals surface area contributed by atoms with Gasteiger partial charge in [-0.2, -0.15) is 4.39 Å². The van der Waals surface area contributed by atoms with Gasteiger partial charge in [-0.25, -0.2) is 4.39 Å². The Kier molecular flexibility index (Phi) is 3.45. The summed E-state index contributed by atoms with van der Waals surface area (Å²) in [4.78, 5) is 9.97. The molecular weight excluding hydrogens is 242 g/mol. The van der Waals surface area contributed by atoms with Gasteiger partial charge in [-0.3, -0.25) is 10.1 Å². The minimum atomic E-state index is -1.14. The summed E-state index contributed by atoms with van der Waals surface area (Å²) in [5.41, 5.74) is -0.757. The van der Waals surface area contributed by atoms with E-state index in [9.17, 15) is 18.9 Å². The standard InChI is InChI=1S/C12H14F2N2O2/c1-7-2-3-9(4-7)15-11-6-8(13)5-10(14)12(11)16(17)18/h5-7,9,15H,2-4H2,1H3. The molecule has 0 amide bonds. The van der Waals surface area contributed by atoms with Crippen molar-refractivity contribution in [2.75, 3.05) is 5.32 Å². The number of benzene rings is 1. The maximum atomic E-state index is 13.4. The Bertz CT molecular complexity index is 479. The van der Waals surface area contributed by atoms with Crippen LogP contribution < -0.4 is 5.32 Å². The molecule has 1 aromatic rings. The molecule has 1 aliphatic carbocycles. The van der Waals surface area contributed by atoms with Crippen molar-refractivity contribution >= 4 is 11.4 Å². The van der Waals surface area contributed by atoms with Gasteiger partial charge in [0.2, 0.25) is 5.82 Å². The summed E-state index contributed by atoms with van der Waals surface area (Å²) in [7, 11) is 0. The molecule has 0 aliphatic heterocycles. The number of nitro groups is 1. The monoisotopic (exact) mass is 256 g/mol. The van der Waals surface area contributed by atoms with Crippen molar-refractivity contribution in [1.29, 1.82) is 0 Å². The fourth-order valence-corrected chi connectivity index (χ4v) is 2.42. The zero-order valence-electron chi connectivity index (χ0n) is 9.95. The molecule has 0 spiro atoms. The Morgan fingerprint density at radius 1 is 1.39 bits per heavy atom. The van der Waals surface area contributed by atoms with E-state index in [1.165, 1.54) is 0 Å². The minimum Gasteiger partial charge on any atom is -0.377 e. The fourth-order valence-electron chi connectivity index (χ4n) is 2.42. The third kappa shape index (κ3) is 2.57. The first-order valence-corrected chi connectivity index (χ1v) is 5.87. The Hall–Kier alpha value is -1.72. The molecule has 1 fully saturated rings. The number of halogens is 2. The first-order valence-electron chi connectivity index (χ1n) is 5.87. The van der Waals surface area contributed by atoms with Crippen LogP contribution in [0.3, 0.4) is 0 Å². The van der Waals surface area contributed by atoms with Gasteiger partial charge in [0.05, 0.1) is 4.92 Å². The number of hydrogen-bond donors (Lipinski definition) is 1. The summed E-state index contributed by atoms with van der Waals surface area (Å²) in [5.74, 6) is -1.43. The first kappa shape index (κ1) is 12.7. The lowest BCUT2D eigenvalue weighted by molar-refractivity contribution is -0.386. The maximum Gasteiger partial charge on any atom is 0.327 e. The molecule has 1 aromatic carbocycles. The van der Waals surface area contributed by atoms with Crippen LogP contribution in [0.2, 0.25) is 0 Å². The number of nitrogens with one attached hydrogen (secondary N) is 1. The van der Waals surface area contributed by atoms with Gasteiger partial charge in [0.1, 0.15) is 11.5 Å². The maximum absolute atomic E-state index is 13.4. The average Bonchev–Trinajstić information content (AvgIpc) is 2.62. The molecule has 1 aliphatic rings. The molecule has 2 atom stereocenters. The quantitative estimate of drug-likeness (QED) is 0.665. The van der Waals surface area contributed by atoms with Crippen LogP contribution in [0.5, 0.6) is 0 Å². The van der Waals surface area contributed by atoms with Crippen LogP contribution in [0, 0.1) is 27.7 Å². The highest BCUT2D eigenvalue weighted by molar-refractivity contribution is 5.62. The normalized spacial score (nSPS) is 23.1. The molecule has 98 valence electrons. The van der Waals surface area contributed by atoms with Gasteiger partial charge in [0, 0.05) is 18.2 Å². The smallest absolute Gasteiger partial charge is 0.327 e. The minimum absolute atomic E-state index is 0.0416. The Labute approximate surface area is 103 Å². The average molecular weight is 256 g/mol. The number of nitrogens with zero attached hydrogens (tertiary/aromatic N) is 1. The molecule has 18 heavy (non-hydrogen) atoms. The third-order valence-corrected chi connectivity index (χ3v) is 3.27. The summed E-state index contributed by atoms with van der Waals surface area (Å²) >= 11 is 0. The molecule has 1 N–H and O–H groups in total. The van der Waals surface area contributed by atoms with Crippen LogP contribution >= 0.6 is 0 Å². The number of hydrogen-bond acceptors (Lipinski definition) is 3. The lowest BCUT2D eigenvalue weighted by atomic mass is 10.1. The summed E-state index contributed by atoms with van der Waals surface area (Å²) in [6, 6.07) is 1.55. The molecule has 1 saturated carbocycles. The third-order valence-electron chi connectivity index (χ3n) is 3.27. The predicted molar refractivity (Wildman–Crippen MR) is 63.4 cm³/mol. The zero-order chi connectivity index (χ0) is 13.3. The van der Waals surface area contributed by atoms with Gasteiger partial charge in [-0.05, 0) is 25.2 Å². The van der Waals surface area contributed by atoms with Crippen molar-refractivity contribution < 1.29 is 13.7 Å². The van der Waals surface area contributed by atoms with Crippen LogP contribution in [-0.4, -0.2) is 11.0 Å². The van der Waals surface area contributed by atoms with E-state index in [4.69, 9.17) is 0 Å². The lowest BCUT2D eigenvalue weighted by Gasteiger charge is -2.14. The fraction of sp³-hybridized carbons (Fsp3) is 0.500. The van der Waals surface area contributed by atoms with Crippen molar-refractivity contribution in [2.24, 2.45) is 5.92 Å². The highest BCUT2D eigenvalue weighted by Crippen LogP contribution is 2.33. The van der Waals surface area contributed by atoms with Crippen molar-refractivity contribution in [3.63, 3.8) is 0 Å². The number of anilines is 1. The van der Waals surface area contributed by atoms with Crippen LogP contribution in [0.25, 0.3) is 0 Å². The molecule has 2 unspecified atom stereocenters. The second kappa shape index (κ2) is 4.88. The highest BCUT2D eigenvalue weighted by Gasteiger charge is 2.27. The zero-order valence-corrected chi connectivity index (χ0v) is 9.95. The Balaban J connectivity index is 2.28. The van der Waals surface area contributed by atoms with E-state index in [2.05, 4.69) is 12.2 Å². The second-order valence-electron chi connectivity index (χ2n) is 4.80. The molecule has 0 aromatic heterocycles. The number of rotatable bonds is 3. The molecule has 6 heteroatoms. The highest BCUT2D eigenvalue weighted by atomic mass is 19.1.